The number of hydrogen-bond acceptors (Lipinski definition) is 12. The van der Waals surface area contributed by atoms with Crippen LogP contribution >= 0.6 is 0 Å². The molecule has 0 bridgehead atoms. The summed E-state index contributed by atoms with van der Waals surface area (Å²) in [6.07, 6.45) is -7.73. The molecule has 1 saturated heterocycles. The molecule has 0 spiro atoms. The van der Waals surface area contributed by atoms with E-state index < -0.39 is 60.0 Å². The highest BCUT2D eigenvalue weighted by molar-refractivity contribution is 5.88. The smallest absolute Gasteiger partial charge is 0.238 e. The SMILES string of the molecule is O=c1c(O)c(-c2ccc(O[C@@H]3O[C@H](CO)[C@@H](O)[C@H](O)[C@H]3O)c(O)c2)oc2cc(O)cc(O)c12. The van der Waals surface area contributed by atoms with Gasteiger partial charge in [0.25, 0.3) is 0 Å². The molecule has 2 aromatic carbocycles. The summed E-state index contributed by atoms with van der Waals surface area (Å²) in [7, 11) is 0. The highest BCUT2D eigenvalue weighted by atomic mass is 16.7. The molecule has 0 amide bonds. The fourth-order valence-corrected chi connectivity index (χ4v) is 3.52. The maximum Gasteiger partial charge on any atom is 0.238 e. The maximum atomic E-state index is 12.5. The van der Waals surface area contributed by atoms with Crippen LogP contribution in [0.25, 0.3) is 22.3 Å². The molecule has 1 aliphatic heterocycles. The van der Waals surface area contributed by atoms with Crippen molar-refractivity contribution in [1.29, 1.82) is 0 Å². The molecule has 3 aromatic rings. The van der Waals surface area contributed by atoms with Gasteiger partial charge in [-0.3, -0.25) is 4.79 Å². The zero-order chi connectivity index (χ0) is 24.0. The first-order valence-electron chi connectivity index (χ1n) is 9.64. The Kier molecular flexibility index (Phi) is 5.78. The molecular weight excluding hydrogens is 444 g/mol. The van der Waals surface area contributed by atoms with E-state index in [0.717, 1.165) is 18.2 Å². The second kappa shape index (κ2) is 8.42. The fourth-order valence-electron chi connectivity index (χ4n) is 3.52. The molecule has 5 atom stereocenters. The number of ether oxygens (including phenoxy) is 2. The average Bonchev–Trinajstić information content (AvgIpc) is 2.77. The minimum absolute atomic E-state index is 0.0213. The lowest BCUT2D eigenvalue weighted by Crippen LogP contribution is -2.60. The molecule has 12 heteroatoms. The van der Waals surface area contributed by atoms with Gasteiger partial charge in [0.15, 0.2) is 17.3 Å². The summed E-state index contributed by atoms with van der Waals surface area (Å²) >= 11 is 0. The van der Waals surface area contributed by atoms with Crippen molar-refractivity contribution in [3.05, 3.63) is 40.6 Å². The number of rotatable bonds is 4. The summed E-state index contributed by atoms with van der Waals surface area (Å²) in [5, 5.41) is 78.8. The minimum atomic E-state index is -1.70. The van der Waals surface area contributed by atoms with Gasteiger partial charge in [-0.15, -0.1) is 0 Å². The summed E-state index contributed by atoms with van der Waals surface area (Å²) in [5.41, 5.74) is -1.16. The molecule has 1 aliphatic rings. The zero-order valence-electron chi connectivity index (χ0n) is 16.7. The third-order valence-electron chi connectivity index (χ3n) is 5.25. The van der Waals surface area contributed by atoms with Gasteiger partial charge in [-0.1, -0.05) is 0 Å². The van der Waals surface area contributed by atoms with Gasteiger partial charge in [0, 0.05) is 17.7 Å². The van der Waals surface area contributed by atoms with Gasteiger partial charge in [-0.05, 0) is 18.2 Å². The first kappa shape index (κ1) is 22.6. The van der Waals surface area contributed by atoms with Gasteiger partial charge in [0.1, 0.15) is 46.9 Å². The van der Waals surface area contributed by atoms with E-state index >= 15 is 0 Å². The van der Waals surface area contributed by atoms with Crippen LogP contribution in [0.1, 0.15) is 0 Å². The second-order valence-electron chi connectivity index (χ2n) is 7.44. The van der Waals surface area contributed by atoms with Crippen molar-refractivity contribution in [3.63, 3.8) is 0 Å². The summed E-state index contributed by atoms with van der Waals surface area (Å²) in [5.74, 6) is -2.97. The van der Waals surface area contributed by atoms with Crippen LogP contribution in [0, 0.1) is 0 Å². The lowest BCUT2D eigenvalue weighted by atomic mass is 9.99. The molecule has 0 saturated carbocycles. The van der Waals surface area contributed by atoms with Crippen molar-refractivity contribution in [3.8, 4) is 40.1 Å². The first-order chi connectivity index (χ1) is 15.6. The Hall–Kier alpha value is -3.55. The van der Waals surface area contributed by atoms with Crippen LogP contribution in [0.3, 0.4) is 0 Å². The van der Waals surface area contributed by atoms with Crippen molar-refractivity contribution in [2.45, 2.75) is 30.7 Å². The molecule has 33 heavy (non-hydrogen) atoms. The number of phenolic OH excluding ortho intramolecular Hbond substituents is 3. The van der Waals surface area contributed by atoms with E-state index in [9.17, 15) is 45.6 Å². The van der Waals surface area contributed by atoms with E-state index in [0.29, 0.717) is 0 Å². The number of fused-ring (bicyclic) bond motifs is 1. The molecule has 176 valence electrons. The van der Waals surface area contributed by atoms with Gasteiger partial charge in [0.05, 0.1) is 6.61 Å². The van der Waals surface area contributed by atoms with Crippen LogP contribution in [0.4, 0.5) is 0 Å². The maximum absolute atomic E-state index is 12.5. The molecule has 8 N–H and O–H groups in total. The van der Waals surface area contributed by atoms with Crippen LogP contribution in [-0.2, 0) is 4.74 Å². The van der Waals surface area contributed by atoms with Crippen LogP contribution in [0.2, 0.25) is 0 Å². The molecule has 12 nitrogen and oxygen atoms in total. The number of aliphatic hydroxyl groups excluding tert-OH is 4. The highest BCUT2D eigenvalue weighted by Gasteiger charge is 2.45. The van der Waals surface area contributed by atoms with Crippen molar-refractivity contribution in [2.75, 3.05) is 6.61 Å². The van der Waals surface area contributed by atoms with Crippen molar-refractivity contribution in [1.82, 2.24) is 0 Å². The molecule has 0 unspecified atom stereocenters. The summed E-state index contributed by atoms with van der Waals surface area (Å²) in [4.78, 5) is 12.5. The zero-order valence-corrected chi connectivity index (χ0v) is 16.7. The monoisotopic (exact) mass is 464 g/mol. The van der Waals surface area contributed by atoms with Crippen molar-refractivity contribution < 1.29 is 54.7 Å². The number of aliphatic hydroxyl groups is 4. The Bertz CT molecular complexity index is 1250. The molecule has 1 aromatic heterocycles. The number of hydrogen-bond donors (Lipinski definition) is 8. The molecule has 0 aliphatic carbocycles. The fraction of sp³-hybridized carbons (Fsp3) is 0.286. The topological polar surface area (TPSA) is 211 Å². The average molecular weight is 464 g/mol. The Labute approximate surface area is 184 Å². The molecule has 1 fully saturated rings. The third-order valence-corrected chi connectivity index (χ3v) is 5.25. The van der Waals surface area contributed by atoms with Crippen molar-refractivity contribution >= 4 is 11.0 Å². The first-order valence-corrected chi connectivity index (χ1v) is 9.64. The molecule has 0 radical (unpaired) electrons. The molecular formula is C21H20O12. The van der Waals surface area contributed by atoms with E-state index in [1.165, 1.54) is 12.1 Å². The molecule has 2 heterocycles. The Morgan fingerprint density at radius 2 is 1.64 bits per heavy atom. The predicted octanol–water partition coefficient (Wildman–Crippen LogP) is -0.539. The highest BCUT2D eigenvalue weighted by Crippen LogP contribution is 2.39. The van der Waals surface area contributed by atoms with Crippen LogP contribution < -0.4 is 10.2 Å². The number of aromatic hydroxyl groups is 4. The van der Waals surface area contributed by atoms with E-state index in [1.807, 2.05) is 0 Å². The summed E-state index contributed by atoms with van der Waals surface area (Å²) < 4.78 is 16.1. The minimum Gasteiger partial charge on any atom is -0.508 e. The van der Waals surface area contributed by atoms with Crippen LogP contribution in [0.15, 0.2) is 39.5 Å². The Balaban J connectivity index is 1.68. The van der Waals surface area contributed by atoms with Crippen LogP contribution in [-0.4, -0.2) is 78.2 Å². The van der Waals surface area contributed by atoms with Gasteiger partial charge in [-0.25, -0.2) is 0 Å². The van der Waals surface area contributed by atoms with E-state index in [2.05, 4.69) is 0 Å². The largest absolute Gasteiger partial charge is 0.508 e. The van der Waals surface area contributed by atoms with E-state index in [1.54, 1.807) is 0 Å². The summed E-state index contributed by atoms with van der Waals surface area (Å²) in [6, 6.07) is 5.51. The standard InChI is InChI=1S/C21H20O12/c22-6-13-15(26)17(28)19(30)21(33-13)32-11-2-1-7(3-9(11)24)20-18(29)16(27)14-10(25)4-8(23)5-12(14)31-20/h1-5,13,15,17,19,21-26,28-30H,6H2/t13-,15-,17+,19-,21-/m1/s1. The van der Waals surface area contributed by atoms with Gasteiger partial charge < -0.3 is 54.7 Å². The molecule has 4 rings (SSSR count). The third kappa shape index (κ3) is 3.90. The lowest BCUT2D eigenvalue weighted by molar-refractivity contribution is -0.277. The van der Waals surface area contributed by atoms with Crippen molar-refractivity contribution in [2.24, 2.45) is 0 Å². The lowest BCUT2D eigenvalue weighted by Gasteiger charge is -2.39. The van der Waals surface area contributed by atoms with Gasteiger partial charge >= 0.3 is 0 Å². The van der Waals surface area contributed by atoms with Crippen LogP contribution in [0.5, 0.6) is 28.7 Å². The van der Waals surface area contributed by atoms with E-state index in [-0.39, 0.29) is 33.8 Å². The Morgan fingerprint density at radius 1 is 0.909 bits per heavy atom. The van der Waals surface area contributed by atoms with E-state index in [4.69, 9.17) is 13.9 Å². The van der Waals surface area contributed by atoms with Gasteiger partial charge in [-0.2, -0.15) is 0 Å². The number of benzene rings is 2. The normalized spacial score (nSPS) is 25.3. The van der Waals surface area contributed by atoms with Gasteiger partial charge in [0.2, 0.25) is 17.5 Å². The second-order valence-corrected chi connectivity index (χ2v) is 7.44. The Morgan fingerprint density at radius 3 is 2.30 bits per heavy atom. The quantitative estimate of drug-likeness (QED) is 0.245. The summed E-state index contributed by atoms with van der Waals surface area (Å²) in [6.45, 7) is -0.666. The predicted molar refractivity (Wildman–Crippen MR) is 109 cm³/mol. The number of phenols is 3.